The first-order chi connectivity index (χ1) is 5.24. The van der Waals surface area contributed by atoms with E-state index in [0.29, 0.717) is 5.56 Å². The first kappa shape index (κ1) is 7.79. The van der Waals surface area contributed by atoms with E-state index in [-0.39, 0.29) is 5.75 Å². The van der Waals surface area contributed by atoms with Gasteiger partial charge in [0.1, 0.15) is 11.6 Å². The fourth-order valence-corrected chi connectivity index (χ4v) is 0.837. The zero-order valence-electron chi connectivity index (χ0n) is 6.21. The van der Waals surface area contributed by atoms with Gasteiger partial charge in [-0.15, -0.1) is 0 Å². The largest absolute Gasteiger partial charge is 0.507 e. The van der Waals surface area contributed by atoms with Crippen LogP contribution in [0.25, 0.3) is 6.08 Å². The van der Waals surface area contributed by atoms with Gasteiger partial charge in [-0.25, -0.2) is 4.39 Å². The lowest BCUT2D eigenvalue weighted by Gasteiger charge is -1.96. The Labute approximate surface area is 64.8 Å². The predicted molar refractivity (Wildman–Crippen MR) is 42.8 cm³/mol. The van der Waals surface area contributed by atoms with Gasteiger partial charge in [0.25, 0.3) is 0 Å². The molecule has 2 heteroatoms. The molecule has 1 rings (SSSR count). The summed E-state index contributed by atoms with van der Waals surface area (Å²) in [4.78, 5) is 0. The van der Waals surface area contributed by atoms with Crippen LogP contribution in [0.5, 0.6) is 5.75 Å². The molecule has 0 heterocycles. The minimum atomic E-state index is -0.421. The number of phenols is 1. The zero-order chi connectivity index (χ0) is 8.27. The van der Waals surface area contributed by atoms with E-state index in [2.05, 4.69) is 0 Å². The summed E-state index contributed by atoms with van der Waals surface area (Å²) >= 11 is 0. The summed E-state index contributed by atoms with van der Waals surface area (Å²) in [5.74, 6) is -0.446. The van der Waals surface area contributed by atoms with Crippen LogP contribution in [-0.4, -0.2) is 5.11 Å². The fraction of sp³-hybridized carbons (Fsp3) is 0.111. The van der Waals surface area contributed by atoms with Gasteiger partial charge >= 0.3 is 0 Å². The molecule has 0 atom stereocenters. The van der Waals surface area contributed by atoms with E-state index in [1.165, 1.54) is 12.1 Å². The van der Waals surface area contributed by atoms with Gasteiger partial charge in [0.2, 0.25) is 0 Å². The SMILES string of the molecule is CC=Cc1ccc(F)cc1O. The van der Waals surface area contributed by atoms with Crippen LogP contribution in [0.3, 0.4) is 0 Å². The third-order valence-electron chi connectivity index (χ3n) is 1.34. The highest BCUT2D eigenvalue weighted by Gasteiger charge is 1.97. The molecule has 0 aromatic heterocycles. The molecule has 1 nitrogen and oxygen atoms in total. The second-order valence-electron chi connectivity index (χ2n) is 2.20. The third kappa shape index (κ3) is 1.80. The van der Waals surface area contributed by atoms with Crippen LogP contribution in [0.2, 0.25) is 0 Å². The zero-order valence-corrected chi connectivity index (χ0v) is 6.21. The van der Waals surface area contributed by atoms with Gasteiger partial charge < -0.3 is 5.11 Å². The molecule has 1 aromatic carbocycles. The van der Waals surface area contributed by atoms with E-state index >= 15 is 0 Å². The number of rotatable bonds is 1. The first-order valence-electron chi connectivity index (χ1n) is 3.35. The van der Waals surface area contributed by atoms with Gasteiger partial charge in [-0.3, -0.25) is 0 Å². The summed E-state index contributed by atoms with van der Waals surface area (Å²) in [6, 6.07) is 3.94. The normalized spacial score (nSPS) is 10.7. The van der Waals surface area contributed by atoms with Crippen LogP contribution >= 0.6 is 0 Å². The molecule has 0 unspecified atom stereocenters. The van der Waals surface area contributed by atoms with Crippen molar-refractivity contribution in [3.8, 4) is 5.75 Å². The molecule has 0 aliphatic heterocycles. The standard InChI is InChI=1S/C9H9FO/c1-2-3-7-4-5-8(10)6-9(7)11/h2-6,11H,1H3. The van der Waals surface area contributed by atoms with Crippen LogP contribution in [0.15, 0.2) is 24.3 Å². The van der Waals surface area contributed by atoms with Crippen LogP contribution < -0.4 is 0 Å². The summed E-state index contributed by atoms with van der Waals surface area (Å²) in [6.45, 7) is 1.84. The van der Waals surface area contributed by atoms with E-state index in [4.69, 9.17) is 5.11 Å². The van der Waals surface area contributed by atoms with Crippen LogP contribution in [0.4, 0.5) is 4.39 Å². The smallest absolute Gasteiger partial charge is 0.126 e. The lowest BCUT2D eigenvalue weighted by atomic mass is 10.2. The van der Waals surface area contributed by atoms with Gasteiger partial charge in [0.15, 0.2) is 0 Å². The van der Waals surface area contributed by atoms with Gasteiger partial charge in [-0.2, -0.15) is 0 Å². The van der Waals surface area contributed by atoms with Crippen LogP contribution in [0.1, 0.15) is 12.5 Å². The molecule has 1 N–H and O–H groups in total. The number of halogens is 1. The molecule has 58 valence electrons. The van der Waals surface area contributed by atoms with Crippen molar-refractivity contribution in [2.75, 3.05) is 0 Å². The Kier molecular flexibility index (Phi) is 2.26. The monoisotopic (exact) mass is 152 g/mol. The summed E-state index contributed by atoms with van der Waals surface area (Å²) in [5.41, 5.74) is 0.633. The average molecular weight is 152 g/mol. The van der Waals surface area contributed by atoms with E-state index in [1.807, 2.05) is 6.92 Å². The molecule has 0 bridgehead atoms. The predicted octanol–water partition coefficient (Wildman–Crippen LogP) is 2.56. The minimum absolute atomic E-state index is 0.0249. The average Bonchev–Trinajstić information content (AvgIpc) is 1.95. The Balaban J connectivity index is 3.09. The van der Waals surface area contributed by atoms with Crippen molar-refractivity contribution in [1.82, 2.24) is 0 Å². The molecular formula is C9H9FO. The highest BCUT2D eigenvalue weighted by atomic mass is 19.1. The Bertz CT molecular complexity index is 279. The van der Waals surface area contributed by atoms with E-state index in [9.17, 15) is 4.39 Å². The maximum atomic E-state index is 12.4. The van der Waals surface area contributed by atoms with Crippen LogP contribution in [-0.2, 0) is 0 Å². The number of hydrogen-bond donors (Lipinski definition) is 1. The Morgan fingerprint density at radius 3 is 2.73 bits per heavy atom. The van der Waals surface area contributed by atoms with Gasteiger partial charge in [-0.1, -0.05) is 12.2 Å². The van der Waals surface area contributed by atoms with Crippen LogP contribution in [0, 0.1) is 5.82 Å². The lowest BCUT2D eigenvalue weighted by Crippen LogP contribution is -1.76. The number of aromatic hydroxyl groups is 1. The van der Waals surface area contributed by atoms with Crippen molar-refractivity contribution < 1.29 is 9.50 Å². The molecule has 0 radical (unpaired) electrons. The van der Waals surface area contributed by atoms with E-state index in [0.717, 1.165) is 6.07 Å². The van der Waals surface area contributed by atoms with E-state index in [1.54, 1.807) is 12.2 Å². The quantitative estimate of drug-likeness (QED) is 0.655. The highest BCUT2D eigenvalue weighted by Crippen LogP contribution is 2.18. The van der Waals surface area contributed by atoms with Crippen molar-refractivity contribution in [3.05, 3.63) is 35.7 Å². The maximum Gasteiger partial charge on any atom is 0.126 e. The Hall–Kier alpha value is -1.31. The number of phenolic OH excluding ortho intramolecular Hbond substituents is 1. The third-order valence-corrected chi connectivity index (χ3v) is 1.34. The Morgan fingerprint density at radius 1 is 1.45 bits per heavy atom. The first-order valence-corrected chi connectivity index (χ1v) is 3.35. The molecule has 1 aromatic rings. The molecular weight excluding hydrogens is 143 g/mol. The van der Waals surface area contributed by atoms with Gasteiger partial charge in [0.05, 0.1) is 0 Å². The van der Waals surface area contributed by atoms with Crippen molar-refractivity contribution in [2.45, 2.75) is 6.92 Å². The molecule has 0 aliphatic rings. The van der Waals surface area contributed by atoms with Crippen molar-refractivity contribution in [2.24, 2.45) is 0 Å². The van der Waals surface area contributed by atoms with Gasteiger partial charge in [0, 0.05) is 11.6 Å². The summed E-state index contributed by atoms with van der Waals surface area (Å²) in [5, 5.41) is 9.13. The van der Waals surface area contributed by atoms with Crippen molar-refractivity contribution in [1.29, 1.82) is 0 Å². The minimum Gasteiger partial charge on any atom is -0.507 e. The topological polar surface area (TPSA) is 20.2 Å². The molecule has 0 amide bonds. The Morgan fingerprint density at radius 2 is 2.18 bits per heavy atom. The molecule has 0 saturated heterocycles. The number of allylic oxidation sites excluding steroid dienone is 1. The summed E-state index contributed by atoms with van der Waals surface area (Å²) in [7, 11) is 0. The summed E-state index contributed by atoms with van der Waals surface area (Å²) < 4.78 is 12.4. The second kappa shape index (κ2) is 3.19. The van der Waals surface area contributed by atoms with Crippen molar-refractivity contribution in [3.63, 3.8) is 0 Å². The fourth-order valence-electron chi connectivity index (χ4n) is 0.837. The van der Waals surface area contributed by atoms with E-state index < -0.39 is 5.82 Å². The summed E-state index contributed by atoms with van der Waals surface area (Å²) in [6.07, 6.45) is 3.50. The molecule has 0 spiro atoms. The molecule has 0 saturated carbocycles. The second-order valence-corrected chi connectivity index (χ2v) is 2.20. The lowest BCUT2D eigenvalue weighted by molar-refractivity contribution is 0.468. The number of hydrogen-bond acceptors (Lipinski definition) is 1. The molecule has 0 aliphatic carbocycles. The number of benzene rings is 1. The highest BCUT2D eigenvalue weighted by molar-refractivity contribution is 5.56. The van der Waals surface area contributed by atoms with Crippen molar-refractivity contribution >= 4 is 6.08 Å². The molecule has 11 heavy (non-hydrogen) atoms. The maximum absolute atomic E-state index is 12.4. The molecule has 0 fully saturated rings. The van der Waals surface area contributed by atoms with Gasteiger partial charge in [-0.05, 0) is 19.1 Å².